The fraction of sp³-hybridized carbons (Fsp3) is 0.158. The normalized spacial score (nSPS) is 11.6. The monoisotopic (exact) mass is 349 g/mol. The van der Waals surface area contributed by atoms with Crippen LogP contribution in [-0.2, 0) is 16.1 Å². The third-order valence-corrected chi connectivity index (χ3v) is 3.81. The first kappa shape index (κ1) is 17.3. The first-order chi connectivity index (χ1) is 12.6. The van der Waals surface area contributed by atoms with Crippen molar-refractivity contribution in [2.75, 3.05) is 5.32 Å². The molecule has 2 aromatic heterocycles. The molecular weight excluding hydrogens is 330 g/mol. The molecule has 1 unspecified atom stereocenters. The molecule has 1 aromatic carbocycles. The molecule has 0 saturated heterocycles. The minimum absolute atomic E-state index is 0.341. The molecule has 0 fully saturated rings. The first-order valence-electron chi connectivity index (χ1n) is 8.20. The van der Waals surface area contributed by atoms with Crippen molar-refractivity contribution in [3.8, 4) is 0 Å². The molecule has 7 heteroatoms. The number of hydrogen-bond acceptors (Lipinski definition) is 4. The zero-order chi connectivity index (χ0) is 18.4. The van der Waals surface area contributed by atoms with Gasteiger partial charge in [0.1, 0.15) is 0 Å². The Morgan fingerprint density at radius 3 is 2.62 bits per heavy atom. The van der Waals surface area contributed by atoms with Gasteiger partial charge in [-0.05, 0) is 24.6 Å². The van der Waals surface area contributed by atoms with Gasteiger partial charge in [0.05, 0.1) is 30.7 Å². The number of aromatic nitrogens is 3. The summed E-state index contributed by atoms with van der Waals surface area (Å²) in [4.78, 5) is 27.9. The van der Waals surface area contributed by atoms with Gasteiger partial charge >= 0.3 is 11.8 Å². The number of amides is 2. The van der Waals surface area contributed by atoms with Crippen molar-refractivity contribution in [3.63, 3.8) is 0 Å². The minimum atomic E-state index is -0.735. The molecule has 0 radical (unpaired) electrons. The maximum absolute atomic E-state index is 12.1. The zero-order valence-corrected chi connectivity index (χ0v) is 14.3. The summed E-state index contributed by atoms with van der Waals surface area (Å²) in [6.07, 6.45) is 6.61. The Morgan fingerprint density at radius 2 is 1.88 bits per heavy atom. The van der Waals surface area contributed by atoms with Crippen LogP contribution in [0.2, 0.25) is 0 Å². The van der Waals surface area contributed by atoms with Crippen molar-refractivity contribution in [1.82, 2.24) is 20.1 Å². The maximum Gasteiger partial charge on any atom is 0.313 e. The lowest BCUT2D eigenvalue weighted by Crippen LogP contribution is -2.36. The molecular formula is C19H19N5O2. The molecule has 3 rings (SSSR count). The van der Waals surface area contributed by atoms with Crippen LogP contribution in [0.25, 0.3) is 0 Å². The molecule has 2 N–H and O–H groups in total. The van der Waals surface area contributed by atoms with Gasteiger partial charge in [-0.25, -0.2) is 0 Å². The molecule has 7 nitrogen and oxygen atoms in total. The summed E-state index contributed by atoms with van der Waals surface area (Å²) < 4.78 is 1.79. The number of nitrogens with one attached hydrogen (secondary N) is 2. The van der Waals surface area contributed by atoms with Crippen LogP contribution in [0.1, 0.15) is 24.1 Å². The SMILES string of the molecule is CC(NC(=O)C(=O)Nc1cccnc1)c1cnn(Cc2ccccc2)c1. The summed E-state index contributed by atoms with van der Waals surface area (Å²) in [7, 11) is 0. The van der Waals surface area contributed by atoms with E-state index >= 15 is 0 Å². The smallest absolute Gasteiger partial charge is 0.313 e. The van der Waals surface area contributed by atoms with Gasteiger partial charge in [-0.1, -0.05) is 30.3 Å². The number of pyridine rings is 1. The van der Waals surface area contributed by atoms with Gasteiger partial charge in [-0.15, -0.1) is 0 Å². The summed E-state index contributed by atoms with van der Waals surface area (Å²) in [6.45, 7) is 2.45. The van der Waals surface area contributed by atoms with Crippen LogP contribution >= 0.6 is 0 Å². The van der Waals surface area contributed by atoms with E-state index in [0.717, 1.165) is 11.1 Å². The Kier molecular flexibility index (Phi) is 5.38. The van der Waals surface area contributed by atoms with Gasteiger partial charge in [-0.3, -0.25) is 19.3 Å². The van der Waals surface area contributed by atoms with E-state index in [1.54, 1.807) is 36.1 Å². The summed E-state index contributed by atoms with van der Waals surface area (Å²) in [5.74, 6) is -1.45. The summed E-state index contributed by atoms with van der Waals surface area (Å²) in [5, 5.41) is 9.48. The lowest BCUT2D eigenvalue weighted by molar-refractivity contribution is -0.136. The van der Waals surface area contributed by atoms with Crippen molar-refractivity contribution in [2.24, 2.45) is 0 Å². The molecule has 0 bridgehead atoms. The number of carbonyl (C=O) groups is 2. The highest BCUT2D eigenvalue weighted by atomic mass is 16.2. The summed E-state index contributed by atoms with van der Waals surface area (Å²) in [6, 6.07) is 13.0. The Balaban J connectivity index is 1.56. The van der Waals surface area contributed by atoms with Crippen molar-refractivity contribution in [3.05, 3.63) is 78.4 Å². The maximum atomic E-state index is 12.1. The third kappa shape index (κ3) is 4.54. The highest BCUT2D eigenvalue weighted by Crippen LogP contribution is 2.12. The van der Waals surface area contributed by atoms with E-state index in [9.17, 15) is 9.59 Å². The largest absolute Gasteiger partial charge is 0.341 e. The Morgan fingerprint density at radius 1 is 1.08 bits per heavy atom. The number of hydrogen-bond donors (Lipinski definition) is 2. The number of anilines is 1. The highest BCUT2D eigenvalue weighted by molar-refractivity contribution is 6.39. The Labute approximate surface area is 151 Å². The van der Waals surface area contributed by atoms with Crippen LogP contribution in [0.4, 0.5) is 5.69 Å². The van der Waals surface area contributed by atoms with Crippen LogP contribution in [-0.4, -0.2) is 26.6 Å². The van der Waals surface area contributed by atoms with Gasteiger partial charge in [0.25, 0.3) is 0 Å². The predicted octanol–water partition coefficient (Wildman–Crippen LogP) is 2.14. The quantitative estimate of drug-likeness (QED) is 0.691. The molecule has 2 heterocycles. The molecule has 2 amide bonds. The Hall–Kier alpha value is -3.48. The molecule has 26 heavy (non-hydrogen) atoms. The van der Waals surface area contributed by atoms with E-state index in [4.69, 9.17) is 0 Å². The molecule has 0 saturated carbocycles. The van der Waals surface area contributed by atoms with Gasteiger partial charge in [-0.2, -0.15) is 5.10 Å². The lowest BCUT2D eigenvalue weighted by Gasteiger charge is -2.12. The molecule has 3 aromatic rings. The topological polar surface area (TPSA) is 88.9 Å². The van der Waals surface area contributed by atoms with Crippen molar-refractivity contribution >= 4 is 17.5 Å². The molecule has 0 aliphatic carbocycles. The van der Waals surface area contributed by atoms with Gasteiger partial charge in [0.2, 0.25) is 0 Å². The van der Waals surface area contributed by atoms with Gasteiger partial charge in [0, 0.05) is 18.0 Å². The van der Waals surface area contributed by atoms with Gasteiger partial charge < -0.3 is 10.6 Å². The molecule has 0 aliphatic heterocycles. The number of benzene rings is 1. The van der Waals surface area contributed by atoms with E-state index in [0.29, 0.717) is 12.2 Å². The van der Waals surface area contributed by atoms with Crippen LogP contribution in [0.5, 0.6) is 0 Å². The van der Waals surface area contributed by atoms with E-state index in [2.05, 4.69) is 20.7 Å². The molecule has 0 spiro atoms. The number of nitrogens with zero attached hydrogens (tertiary/aromatic N) is 3. The summed E-state index contributed by atoms with van der Waals surface area (Å²) in [5.41, 5.74) is 2.43. The standard InChI is InChI=1S/C19H19N5O2/c1-14(22-18(25)19(26)23-17-8-5-9-20-11-17)16-10-21-24(13-16)12-15-6-3-2-4-7-15/h2-11,13-14H,12H2,1H3,(H,22,25)(H,23,26). The second kappa shape index (κ2) is 8.06. The van der Waals surface area contributed by atoms with Crippen molar-refractivity contribution < 1.29 is 9.59 Å². The zero-order valence-electron chi connectivity index (χ0n) is 14.3. The fourth-order valence-corrected chi connectivity index (χ4v) is 2.43. The van der Waals surface area contributed by atoms with E-state index in [-0.39, 0.29) is 6.04 Å². The predicted molar refractivity (Wildman–Crippen MR) is 97.2 cm³/mol. The average Bonchev–Trinajstić information content (AvgIpc) is 3.12. The average molecular weight is 349 g/mol. The second-order valence-corrected chi connectivity index (χ2v) is 5.85. The number of rotatable bonds is 5. The summed E-state index contributed by atoms with van der Waals surface area (Å²) >= 11 is 0. The second-order valence-electron chi connectivity index (χ2n) is 5.85. The third-order valence-electron chi connectivity index (χ3n) is 3.81. The lowest BCUT2D eigenvalue weighted by atomic mass is 10.2. The fourth-order valence-electron chi connectivity index (χ4n) is 2.43. The van der Waals surface area contributed by atoms with Gasteiger partial charge in [0.15, 0.2) is 0 Å². The van der Waals surface area contributed by atoms with E-state index in [1.165, 1.54) is 6.20 Å². The first-order valence-corrected chi connectivity index (χ1v) is 8.20. The molecule has 1 atom stereocenters. The van der Waals surface area contributed by atoms with Crippen LogP contribution in [0.3, 0.4) is 0 Å². The van der Waals surface area contributed by atoms with Crippen LogP contribution in [0, 0.1) is 0 Å². The van der Waals surface area contributed by atoms with Crippen LogP contribution < -0.4 is 10.6 Å². The van der Waals surface area contributed by atoms with Crippen LogP contribution in [0.15, 0.2) is 67.3 Å². The Bertz CT molecular complexity index is 877. The van der Waals surface area contributed by atoms with E-state index in [1.807, 2.05) is 36.5 Å². The minimum Gasteiger partial charge on any atom is -0.341 e. The highest BCUT2D eigenvalue weighted by Gasteiger charge is 2.18. The van der Waals surface area contributed by atoms with E-state index < -0.39 is 11.8 Å². The number of carbonyl (C=O) groups excluding carboxylic acids is 2. The molecule has 132 valence electrons. The molecule has 0 aliphatic rings. The van der Waals surface area contributed by atoms with Crippen molar-refractivity contribution in [2.45, 2.75) is 19.5 Å². The van der Waals surface area contributed by atoms with Crippen molar-refractivity contribution in [1.29, 1.82) is 0 Å².